The van der Waals surface area contributed by atoms with Gasteiger partial charge >= 0.3 is 5.97 Å². The summed E-state index contributed by atoms with van der Waals surface area (Å²) >= 11 is 0. The summed E-state index contributed by atoms with van der Waals surface area (Å²) in [5.41, 5.74) is 0.681. The molecule has 1 rings (SSSR count). The van der Waals surface area contributed by atoms with Crippen LogP contribution in [0, 0.1) is 0 Å². The van der Waals surface area contributed by atoms with E-state index in [2.05, 4.69) is 11.9 Å². The van der Waals surface area contributed by atoms with Gasteiger partial charge in [-0.1, -0.05) is 36.4 Å². The van der Waals surface area contributed by atoms with E-state index in [-0.39, 0.29) is 0 Å². The minimum Gasteiger partial charge on any atom is -0.480 e. The van der Waals surface area contributed by atoms with Crippen LogP contribution >= 0.6 is 0 Å². The van der Waals surface area contributed by atoms with E-state index in [0.717, 1.165) is 0 Å². The lowest BCUT2D eigenvalue weighted by atomic mass is 10.1. The topological polar surface area (TPSA) is 75.6 Å². The highest BCUT2D eigenvalue weighted by molar-refractivity contribution is 5.87. The molecule has 0 radical (unpaired) electrons. The molecule has 5 heteroatoms. The van der Waals surface area contributed by atoms with Crippen molar-refractivity contribution in [2.24, 2.45) is 0 Å². The molecule has 0 aliphatic carbocycles. The number of hydrogen-bond donors (Lipinski definition) is 2. The van der Waals surface area contributed by atoms with Gasteiger partial charge in [0.2, 0.25) is 0 Å². The standard InChI is InChI=1S/C15H19NO4/c1-3-4-10-12(15(18)19)16-14(17)13(20-2)11-8-6-5-7-9-11/h3,5-9,12-13H,1,4,10H2,2H3,(H,16,17)(H,18,19)/t12-,13-/m1/s1. The maximum absolute atomic E-state index is 12.1. The number of allylic oxidation sites excluding steroid dienone is 1. The van der Waals surface area contributed by atoms with Crippen LogP contribution in [0.25, 0.3) is 0 Å². The number of aliphatic carboxylic acids is 1. The van der Waals surface area contributed by atoms with Gasteiger partial charge in [0.1, 0.15) is 6.04 Å². The number of nitrogens with one attached hydrogen (secondary N) is 1. The number of rotatable bonds is 8. The van der Waals surface area contributed by atoms with Crippen molar-refractivity contribution < 1.29 is 19.4 Å². The smallest absolute Gasteiger partial charge is 0.326 e. The fraction of sp³-hybridized carbons (Fsp3) is 0.333. The van der Waals surface area contributed by atoms with Crippen molar-refractivity contribution in [3.05, 3.63) is 48.6 Å². The number of carbonyl (C=O) groups is 2. The van der Waals surface area contributed by atoms with Gasteiger partial charge < -0.3 is 15.2 Å². The Bertz CT molecular complexity index is 458. The Morgan fingerprint density at radius 2 is 2.05 bits per heavy atom. The molecule has 0 spiro atoms. The number of benzene rings is 1. The average Bonchev–Trinajstić information content (AvgIpc) is 2.45. The van der Waals surface area contributed by atoms with Crippen molar-refractivity contribution in [1.82, 2.24) is 5.32 Å². The zero-order valence-electron chi connectivity index (χ0n) is 11.4. The summed E-state index contributed by atoms with van der Waals surface area (Å²) in [5.74, 6) is -1.53. The van der Waals surface area contributed by atoms with Gasteiger partial charge in [-0.15, -0.1) is 6.58 Å². The Balaban J connectivity index is 2.75. The summed E-state index contributed by atoms with van der Waals surface area (Å²) < 4.78 is 5.16. The quantitative estimate of drug-likeness (QED) is 0.712. The normalized spacial score (nSPS) is 13.2. The highest BCUT2D eigenvalue weighted by Crippen LogP contribution is 2.16. The molecule has 108 valence electrons. The summed E-state index contributed by atoms with van der Waals surface area (Å²) in [5, 5.41) is 11.6. The Hall–Kier alpha value is -2.14. The van der Waals surface area contributed by atoms with Crippen molar-refractivity contribution >= 4 is 11.9 Å². The van der Waals surface area contributed by atoms with E-state index in [1.165, 1.54) is 7.11 Å². The number of ether oxygens (including phenoxy) is 1. The predicted octanol–water partition coefficient (Wildman–Crippen LogP) is 1.91. The fourth-order valence-electron chi connectivity index (χ4n) is 1.81. The average molecular weight is 277 g/mol. The SMILES string of the molecule is C=CCC[C@@H](NC(=O)[C@H](OC)c1ccccc1)C(=O)O. The van der Waals surface area contributed by atoms with Crippen LogP contribution in [0.4, 0.5) is 0 Å². The molecule has 5 nitrogen and oxygen atoms in total. The van der Waals surface area contributed by atoms with Gasteiger partial charge in [0.05, 0.1) is 0 Å². The molecule has 0 aliphatic rings. The lowest BCUT2D eigenvalue weighted by molar-refractivity contribution is -0.144. The van der Waals surface area contributed by atoms with E-state index in [4.69, 9.17) is 9.84 Å². The first-order valence-electron chi connectivity index (χ1n) is 6.32. The molecule has 0 aliphatic heterocycles. The Morgan fingerprint density at radius 1 is 1.40 bits per heavy atom. The first kappa shape index (κ1) is 15.9. The molecule has 0 bridgehead atoms. The summed E-state index contributed by atoms with van der Waals surface area (Å²) in [4.78, 5) is 23.2. The lowest BCUT2D eigenvalue weighted by Crippen LogP contribution is -2.43. The van der Waals surface area contributed by atoms with Crippen LogP contribution in [0.5, 0.6) is 0 Å². The minimum absolute atomic E-state index is 0.301. The summed E-state index contributed by atoms with van der Waals surface area (Å²) in [6, 6.07) is 7.99. The second-order valence-electron chi connectivity index (χ2n) is 4.29. The maximum Gasteiger partial charge on any atom is 0.326 e. The number of carboxylic acid groups (broad SMARTS) is 1. The predicted molar refractivity (Wildman–Crippen MR) is 75.2 cm³/mol. The van der Waals surface area contributed by atoms with Crippen LogP contribution in [-0.2, 0) is 14.3 Å². The second kappa shape index (κ2) is 8.12. The first-order valence-corrected chi connectivity index (χ1v) is 6.32. The zero-order valence-corrected chi connectivity index (χ0v) is 11.4. The molecule has 0 heterocycles. The van der Waals surface area contributed by atoms with Crippen LogP contribution in [0.2, 0.25) is 0 Å². The molecule has 0 fully saturated rings. The monoisotopic (exact) mass is 277 g/mol. The van der Waals surface area contributed by atoms with Gasteiger partial charge in [-0.3, -0.25) is 4.79 Å². The molecular formula is C15H19NO4. The second-order valence-corrected chi connectivity index (χ2v) is 4.29. The minimum atomic E-state index is -1.07. The highest BCUT2D eigenvalue weighted by atomic mass is 16.5. The molecule has 20 heavy (non-hydrogen) atoms. The number of methoxy groups -OCH3 is 1. The molecule has 0 saturated heterocycles. The van der Waals surface area contributed by atoms with E-state index in [0.29, 0.717) is 18.4 Å². The van der Waals surface area contributed by atoms with Crippen LogP contribution in [0.15, 0.2) is 43.0 Å². The molecule has 2 N–H and O–H groups in total. The van der Waals surface area contributed by atoms with Crippen LogP contribution in [0.1, 0.15) is 24.5 Å². The zero-order chi connectivity index (χ0) is 15.0. The van der Waals surface area contributed by atoms with Crippen molar-refractivity contribution in [1.29, 1.82) is 0 Å². The summed E-state index contributed by atoms with van der Waals surface area (Å²) in [7, 11) is 1.41. The number of carboxylic acids is 1. The molecule has 0 saturated carbocycles. The molecule has 0 unspecified atom stereocenters. The van der Waals surface area contributed by atoms with Gasteiger partial charge in [0.15, 0.2) is 6.10 Å². The Kier molecular flexibility index (Phi) is 6.46. The highest BCUT2D eigenvalue weighted by Gasteiger charge is 2.25. The van der Waals surface area contributed by atoms with E-state index < -0.39 is 24.0 Å². The molecular weight excluding hydrogens is 258 g/mol. The van der Waals surface area contributed by atoms with Crippen LogP contribution in [-0.4, -0.2) is 30.1 Å². The third-order valence-corrected chi connectivity index (χ3v) is 2.85. The first-order chi connectivity index (χ1) is 9.60. The molecule has 1 aromatic rings. The van der Waals surface area contributed by atoms with Crippen molar-refractivity contribution in [3.63, 3.8) is 0 Å². The van der Waals surface area contributed by atoms with Gasteiger partial charge in [-0.05, 0) is 18.4 Å². The third-order valence-electron chi connectivity index (χ3n) is 2.85. The van der Waals surface area contributed by atoms with Crippen molar-refractivity contribution in [2.75, 3.05) is 7.11 Å². The Morgan fingerprint density at radius 3 is 2.55 bits per heavy atom. The molecule has 0 aromatic heterocycles. The molecule has 1 amide bonds. The molecule has 2 atom stereocenters. The van der Waals surface area contributed by atoms with Gasteiger partial charge in [0, 0.05) is 7.11 Å². The third kappa shape index (κ3) is 4.51. The van der Waals surface area contributed by atoms with Crippen molar-refractivity contribution in [2.45, 2.75) is 25.0 Å². The van der Waals surface area contributed by atoms with Crippen LogP contribution in [0.3, 0.4) is 0 Å². The lowest BCUT2D eigenvalue weighted by Gasteiger charge is -2.19. The van der Waals surface area contributed by atoms with Gasteiger partial charge in [-0.25, -0.2) is 4.79 Å². The van der Waals surface area contributed by atoms with Crippen LogP contribution < -0.4 is 5.32 Å². The number of amides is 1. The fourth-order valence-corrected chi connectivity index (χ4v) is 1.81. The molecule has 1 aromatic carbocycles. The summed E-state index contributed by atoms with van der Waals surface area (Å²) in [6.45, 7) is 3.54. The Labute approximate surface area is 118 Å². The number of carbonyl (C=O) groups excluding carboxylic acids is 1. The van der Waals surface area contributed by atoms with E-state index in [1.807, 2.05) is 6.07 Å². The van der Waals surface area contributed by atoms with E-state index >= 15 is 0 Å². The number of hydrogen-bond acceptors (Lipinski definition) is 3. The van der Waals surface area contributed by atoms with Gasteiger partial charge in [-0.2, -0.15) is 0 Å². The van der Waals surface area contributed by atoms with Gasteiger partial charge in [0.25, 0.3) is 5.91 Å². The van der Waals surface area contributed by atoms with E-state index in [9.17, 15) is 9.59 Å². The van der Waals surface area contributed by atoms with E-state index in [1.54, 1.807) is 30.3 Å². The van der Waals surface area contributed by atoms with Crippen molar-refractivity contribution in [3.8, 4) is 0 Å². The largest absolute Gasteiger partial charge is 0.480 e. The summed E-state index contributed by atoms with van der Waals surface area (Å²) in [6.07, 6.45) is 1.62. The maximum atomic E-state index is 12.1.